The van der Waals surface area contributed by atoms with Gasteiger partial charge in [-0.2, -0.15) is 5.10 Å². The molecule has 0 radical (unpaired) electrons. The fraction of sp³-hybridized carbons (Fsp3) is 0.231. The minimum Gasteiger partial charge on any atom is -0.399 e. The first kappa shape index (κ1) is 12.2. The number of carbonyl (C=O) groups is 1. The molecule has 18 heavy (non-hydrogen) atoms. The van der Waals surface area contributed by atoms with E-state index in [0.717, 1.165) is 11.4 Å². The van der Waals surface area contributed by atoms with Crippen LogP contribution in [0.4, 0.5) is 11.4 Å². The SMILES string of the molecule is Cc1ccn(C(C)C(=O)Nc2ccc(N)cc2)n1. The highest BCUT2D eigenvalue weighted by Gasteiger charge is 2.15. The van der Waals surface area contributed by atoms with E-state index in [1.807, 2.05) is 13.0 Å². The molecule has 3 N–H and O–H groups in total. The van der Waals surface area contributed by atoms with Crippen molar-refractivity contribution >= 4 is 17.3 Å². The van der Waals surface area contributed by atoms with Crippen molar-refractivity contribution in [3.63, 3.8) is 0 Å². The minimum absolute atomic E-state index is 0.108. The topological polar surface area (TPSA) is 72.9 Å². The highest BCUT2D eigenvalue weighted by atomic mass is 16.2. The van der Waals surface area contributed by atoms with E-state index in [9.17, 15) is 4.79 Å². The lowest BCUT2D eigenvalue weighted by atomic mass is 10.2. The van der Waals surface area contributed by atoms with E-state index in [2.05, 4.69) is 10.4 Å². The molecular weight excluding hydrogens is 228 g/mol. The fourth-order valence-electron chi connectivity index (χ4n) is 1.58. The van der Waals surface area contributed by atoms with Gasteiger partial charge in [0.15, 0.2) is 0 Å². The van der Waals surface area contributed by atoms with Crippen molar-refractivity contribution in [2.75, 3.05) is 11.1 Å². The van der Waals surface area contributed by atoms with Crippen LogP contribution in [-0.2, 0) is 4.79 Å². The molecule has 2 rings (SSSR count). The van der Waals surface area contributed by atoms with Gasteiger partial charge in [-0.15, -0.1) is 0 Å². The first-order chi connectivity index (χ1) is 8.56. The van der Waals surface area contributed by atoms with Crippen LogP contribution in [0.25, 0.3) is 0 Å². The summed E-state index contributed by atoms with van der Waals surface area (Å²) in [6.07, 6.45) is 1.79. The van der Waals surface area contributed by atoms with Gasteiger partial charge in [-0.3, -0.25) is 9.48 Å². The number of nitrogens with zero attached hydrogens (tertiary/aromatic N) is 2. The molecule has 2 aromatic rings. The Balaban J connectivity index is 2.05. The third-order valence-electron chi connectivity index (χ3n) is 2.70. The monoisotopic (exact) mass is 244 g/mol. The summed E-state index contributed by atoms with van der Waals surface area (Å²) in [5, 5.41) is 7.04. The number of hydrogen-bond donors (Lipinski definition) is 2. The van der Waals surface area contributed by atoms with E-state index in [-0.39, 0.29) is 11.9 Å². The van der Waals surface area contributed by atoms with Gasteiger partial charge in [0.05, 0.1) is 5.69 Å². The van der Waals surface area contributed by atoms with E-state index in [1.165, 1.54) is 0 Å². The Morgan fingerprint density at radius 1 is 1.33 bits per heavy atom. The summed E-state index contributed by atoms with van der Waals surface area (Å²) in [4.78, 5) is 12.0. The molecule has 0 aliphatic rings. The summed E-state index contributed by atoms with van der Waals surface area (Å²) in [7, 11) is 0. The normalized spacial score (nSPS) is 12.1. The van der Waals surface area contributed by atoms with Crippen molar-refractivity contribution < 1.29 is 4.79 Å². The number of amides is 1. The second kappa shape index (κ2) is 4.91. The maximum Gasteiger partial charge on any atom is 0.248 e. The molecule has 94 valence electrons. The van der Waals surface area contributed by atoms with Crippen LogP contribution in [0.2, 0.25) is 0 Å². The number of benzene rings is 1. The average molecular weight is 244 g/mol. The molecule has 0 spiro atoms. The van der Waals surface area contributed by atoms with Crippen LogP contribution in [0.1, 0.15) is 18.7 Å². The summed E-state index contributed by atoms with van der Waals surface area (Å²) in [6, 6.07) is 8.56. The number of rotatable bonds is 3. The average Bonchev–Trinajstić information content (AvgIpc) is 2.78. The van der Waals surface area contributed by atoms with Crippen molar-refractivity contribution in [2.24, 2.45) is 0 Å². The van der Waals surface area contributed by atoms with Gasteiger partial charge < -0.3 is 11.1 Å². The Kier molecular flexibility index (Phi) is 3.32. The van der Waals surface area contributed by atoms with Crippen molar-refractivity contribution in [2.45, 2.75) is 19.9 Å². The standard InChI is InChI=1S/C13H16N4O/c1-9-7-8-17(16-9)10(2)13(18)15-12-5-3-11(14)4-6-12/h3-8,10H,14H2,1-2H3,(H,15,18). The summed E-state index contributed by atoms with van der Waals surface area (Å²) in [6.45, 7) is 3.69. The molecule has 0 bridgehead atoms. The maximum absolute atomic E-state index is 12.0. The molecule has 1 heterocycles. The molecule has 1 atom stereocenters. The van der Waals surface area contributed by atoms with Crippen LogP contribution < -0.4 is 11.1 Å². The van der Waals surface area contributed by atoms with Gasteiger partial charge >= 0.3 is 0 Å². The molecule has 0 saturated heterocycles. The number of hydrogen-bond acceptors (Lipinski definition) is 3. The molecule has 0 saturated carbocycles. The van der Waals surface area contributed by atoms with Gasteiger partial charge in [0, 0.05) is 17.6 Å². The van der Waals surface area contributed by atoms with Crippen LogP contribution in [0.15, 0.2) is 36.5 Å². The molecular formula is C13H16N4O. The first-order valence-electron chi connectivity index (χ1n) is 5.74. The zero-order valence-corrected chi connectivity index (χ0v) is 10.4. The van der Waals surface area contributed by atoms with Crippen LogP contribution >= 0.6 is 0 Å². The fourth-order valence-corrected chi connectivity index (χ4v) is 1.58. The summed E-state index contributed by atoms with van der Waals surface area (Å²) >= 11 is 0. The minimum atomic E-state index is -0.351. The quantitative estimate of drug-likeness (QED) is 0.811. The second-order valence-corrected chi connectivity index (χ2v) is 4.22. The van der Waals surface area contributed by atoms with Crippen LogP contribution in [-0.4, -0.2) is 15.7 Å². The molecule has 0 fully saturated rings. The number of anilines is 2. The van der Waals surface area contributed by atoms with Crippen LogP contribution in [0.3, 0.4) is 0 Å². The highest BCUT2D eigenvalue weighted by Crippen LogP contribution is 2.13. The van der Waals surface area contributed by atoms with Gasteiger partial charge in [0.25, 0.3) is 0 Å². The Bertz CT molecular complexity index is 544. The van der Waals surface area contributed by atoms with E-state index >= 15 is 0 Å². The number of aromatic nitrogens is 2. The van der Waals surface area contributed by atoms with Gasteiger partial charge in [0.2, 0.25) is 5.91 Å². The molecule has 1 amide bonds. The number of nitrogens with one attached hydrogen (secondary N) is 1. The van der Waals surface area contributed by atoms with E-state index in [4.69, 9.17) is 5.73 Å². The Hall–Kier alpha value is -2.30. The van der Waals surface area contributed by atoms with Crippen LogP contribution in [0, 0.1) is 6.92 Å². The molecule has 0 aliphatic heterocycles. The maximum atomic E-state index is 12.0. The summed E-state index contributed by atoms with van der Waals surface area (Å²) < 4.78 is 1.64. The molecule has 5 heteroatoms. The Morgan fingerprint density at radius 2 is 2.00 bits per heavy atom. The van der Waals surface area contributed by atoms with Gasteiger partial charge in [-0.25, -0.2) is 0 Å². The highest BCUT2D eigenvalue weighted by molar-refractivity contribution is 5.93. The number of carbonyl (C=O) groups excluding carboxylic acids is 1. The number of nitrogen functional groups attached to an aromatic ring is 1. The summed E-state index contributed by atoms with van der Waals surface area (Å²) in [5.41, 5.74) is 7.87. The van der Waals surface area contributed by atoms with Gasteiger partial charge in [-0.1, -0.05) is 0 Å². The molecule has 1 aromatic carbocycles. The van der Waals surface area contributed by atoms with Crippen molar-refractivity contribution in [3.8, 4) is 0 Å². The van der Waals surface area contributed by atoms with Gasteiger partial charge in [0.1, 0.15) is 6.04 Å². The molecule has 0 aliphatic carbocycles. The van der Waals surface area contributed by atoms with E-state index < -0.39 is 0 Å². The Labute approximate surface area is 106 Å². The van der Waals surface area contributed by atoms with Crippen LogP contribution in [0.5, 0.6) is 0 Å². The predicted molar refractivity (Wildman–Crippen MR) is 71.2 cm³/mol. The largest absolute Gasteiger partial charge is 0.399 e. The number of nitrogens with two attached hydrogens (primary N) is 1. The lowest BCUT2D eigenvalue weighted by molar-refractivity contribution is -0.119. The third-order valence-corrected chi connectivity index (χ3v) is 2.70. The zero-order valence-electron chi connectivity index (χ0n) is 10.4. The van der Waals surface area contributed by atoms with Crippen molar-refractivity contribution in [1.82, 2.24) is 9.78 Å². The first-order valence-corrected chi connectivity index (χ1v) is 5.74. The van der Waals surface area contributed by atoms with Gasteiger partial charge in [-0.05, 0) is 44.2 Å². The molecule has 1 unspecified atom stereocenters. The lowest BCUT2D eigenvalue weighted by Gasteiger charge is -2.12. The lowest BCUT2D eigenvalue weighted by Crippen LogP contribution is -2.24. The van der Waals surface area contributed by atoms with Crippen molar-refractivity contribution in [1.29, 1.82) is 0 Å². The molecule has 5 nitrogen and oxygen atoms in total. The molecule has 1 aromatic heterocycles. The smallest absolute Gasteiger partial charge is 0.248 e. The summed E-state index contributed by atoms with van der Waals surface area (Å²) in [5.74, 6) is -0.108. The van der Waals surface area contributed by atoms with Crippen molar-refractivity contribution in [3.05, 3.63) is 42.2 Å². The Morgan fingerprint density at radius 3 is 2.56 bits per heavy atom. The zero-order chi connectivity index (χ0) is 13.1. The number of aryl methyl sites for hydroxylation is 1. The predicted octanol–water partition coefficient (Wildman–Crippen LogP) is 1.97. The van der Waals surface area contributed by atoms with E-state index in [0.29, 0.717) is 5.69 Å². The van der Waals surface area contributed by atoms with E-state index in [1.54, 1.807) is 42.1 Å². The third kappa shape index (κ3) is 2.68. The second-order valence-electron chi connectivity index (χ2n) is 4.22.